The Balaban J connectivity index is 1.59. The van der Waals surface area contributed by atoms with Gasteiger partial charge in [-0.15, -0.1) is 0 Å². The molecule has 3 aromatic rings. The van der Waals surface area contributed by atoms with Crippen LogP contribution in [-0.4, -0.2) is 22.0 Å². The van der Waals surface area contributed by atoms with Crippen molar-refractivity contribution >= 4 is 11.8 Å². The van der Waals surface area contributed by atoms with E-state index in [4.69, 9.17) is 9.26 Å². The number of nitrogens with one attached hydrogen (secondary N) is 2. The molecule has 138 valence electrons. The van der Waals surface area contributed by atoms with Crippen LogP contribution in [0, 0.1) is 13.8 Å². The number of hydrazine groups is 1. The summed E-state index contributed by atoms with van der Waals surface area (Å²) in [6, 6.07) is 11.6. The molecule has 0 saturated heterocycles. The molecule has 2 heterocycles. The molecule has 0 bridgehead atoms. The maximum absolute atomic E-state index is 12.2. The van der Waals surface area contributed by atoms with Crippen LogP contribution < -0.4 is 15.6 Å². The van der Waals surface area contributed by atoms with Crippen LogP contribution in [0.4, 0.5) is 0 Å². The largest absolute Gasteiger partial charge is 0.489 e. The van der Waals surface area contributed by atoms with Gasteiger partial charge in [-0.2, -0.15) is 0 Å². The number of pyridine rings is 1. The molecule has 2 amide bonds. The van der Waals surface area contributed by atoms with Crippen molar-refractivity contribution in [3.8, 4) is 5.75 Å². The fraction of sp³-hybridized carbons (Fsp3) is 0.158. The minimum Gasteiger partial charge on any atom is -0.489 e. The second-order valence-electron chi connectivity index (χ2n) is 5.74. The first-order chi connectivity index (χ1) is 13.0. The Morgan fingerprint density at radius 1 is 1.07 bits per heavy atom. The predicted octanol–water partition coefficient (Wildman–Crippen LogP) is 2.34. The minimum absolute atomic E-state index is 0.203. The van der Waals surface area contributed by atoms with E-state index in [9.17, 15) is 9.59 Å². The van der Waals surface area contributed by atoms with E-state index in [1.165, 1.54) is 6.20 Å². The van der Waals surface area contributed by atoms with Crippen molar-refractivity contribution in [1.29, 1.82) is 0 Å². The van der Waals surface area contributed by atoms with E-state index < -0.39 is 11.8 Å². The van der Waals surface area contributed by atoms with Crippen molar-refractivity contribution in [1.82, 2.24) is 21.0 Å². The van der Waals surface area contributed by atoms with Gasteiger partial charge in [-0.05, 0) is 44.2 Å². The molecule has 27 heavy (non-hydrogen) atoms. The number of amides is 2. The zero-order chi connectivity index (χ0) is 19.2. The van der Waals surface area contributed by atoms with Gasteiger partial charge in [-0.1, -0.05) is 17.3 Å². The van der Waals surface area contributed by atoms with Gasteiger partial charge in [-0.3, -0.25) is 25.4 Å². The summed E-state index contributed by atoms with van der Waals surface area (Å²) in [6.45, 7) is 3.93. The fourth-order valence-corrected chi connectivity index (χ4v) is 2.34. The standard InChI is InChI=1S/C19H18N4O4/c1-12-16(13(2)27-23-12)11-26-15-7-5-6-14(10-15)18(24)21-22-19(25)17-8-3-4-9-20-17/h3-10H,11H2,1-2H3,(H,21,24)(H,22,25). The van der Waals surface area contributed by atoms with E-state index in [-0.39, 0.29) is 12.3 Å². The number of carbonyl (C=O) groups is 2. The Morgan fingerprint density at radius 3 is 2.59 bits per heavy atom. The summed E-state index contributed by atoms with van der Waals surface area (Å²) in [7, 11) is 0. The first-order valence-electron chi connectivity index (χ1n) is 8.21. The van der Waals surface area contributed by atoms with Crippen molar-refractivity contribution in [2.45, 2.75) is 20.5 Å². The number of nitrogens with zero attached hydrogens (tertiary/aromatic N) is 2. The SMILES string of the molecule is Cc1noc(C)c1COc1cccc(C(=O)NNC(=O)c2ccccn2)c1. The zero-order valence-electron chi connectivity index (χ0n) is 14.9. The Bertz CT molecular complexity index is 934. The van der Waals surface area contributed by atoms with E-state index in [1.807, 2.05) is 13.8 Å². The molecule has 0 spiro atoms. The third kappa shape index (κ3) is 4.49. The number of aryl methyl sites for hydroxylation is 2. The first kappa shape index (κ1) is 18.1. The fourth-order valence-electron chi connectivity index (χ4n) is 2.34. The van der Waals surface area contributed by atoms with Gasteiger partial charge in [0.05, 0.1) is 11.3 Å². The molecule has 2 N–H and O–H groups in total. The van der Waals surface area contributed by atoms with Gasteiger partial charge in [0.15, 0.2) is 0 Å². The molecule has 0 fully saturated rings. The monoisotopic (exact) mass is 366 g/mol. The van der Waals surface area contributed by atoms with Crippen LogP contribution in [0.1, 0.15) is 37.9 Å². The van der Waals surface area contributed by atoms with Crippen LogP contribution in [-0.2, 0) is 6.61 Å². The maximum atomic E-state index is 12.2. The van der Waals surface area contributed by atoms with Crippen molar-refractivity contribution in [3.63, 3.8) is 0 Å². The highest BCUT2D eigenvalue weighted by molar-refractivity contribution is 5.98. The topological polar surface area (TPSA) is 106 Å². The third-order valence-electron chi connectivity index (χ3n) is 3.85. The zero-order valence-corrected chi connectivity index (χ0v) is 14.9. The Kier molecular flexibility index (Phi) is 5.46. The lowest BCUT2D eigenvalue weighted by molar-refractivity contribution is 0.0844. The number of benzene rings is 1. The van der Waals surface area contributed by atoms with Crippen LogP contribution in [0.2, 0.25) is 0 Å². The molecule has 3 rings (SSSR count). The molecule has 0 radical (unpaired) electrons. The van der Waals surface area contributed by atoms with E-state index in [0.717, 1.165) is 11.3 Å². The lowest BCUT2D eigenvalue weighted by atomic mass is 10.2. The molecule has 0 aliphatic heterocycles. The molecular formula is C19H18N4O4. The number of hydrogen-bond acceptors (Lipinski definition) is 6. The lowest BCUT2D eigenvalue weighted by Gasteiger charge is -2.09. The van der Waals surface area contributed by atoms with Gasteiger partial charge in [-0.25, -0.2) is 0 Å². The molecular weight excluding hydrogens is 348 g/mol. The van der Waals surface area contributed by atoms with E-state index >= 15 is 0 Å². The summed E-state index contributed by atoms with van der Waals surface area (Å²) in [4.78, 5) is 28.1. The van der Waals surface area contributed by atoms with E-state index in [1.54, 1.807) is 42.5 Å². The normalized spacial score (nSPS) is 10.3. The minimum atomic E-state index is -0.505. The highest BCUT2D eigenvalue weighted by Crippen LogP contribution is 2.18. The molecule has 0 saturated carbocycles. The second kappa shape index (κ2) is 8.13. The van der Waals surface area contributed by atoms with Crippen LogP contribution >= 0.6 is 0 Å². The maximum Gasteiger partial charge on any atom is 0.288 e. The first-order valence-corrected chi connectivity index (χ1v) is 8.21. The highest BCUT2D eigenvalue weighted by Gasteiger charge is 2.12. The van der Waals surface area contributed by atoms with Gasteiger partial charge in [0.1, 0.15) is 23.8 Å². The highest BCUT2D eigenvalue weighted by atomic mass is 16.5. The summed E-state index contributed by atoms with van der Waals surface area (Å²) in [5.41, 5.74) is 6.85. The van der Waals surface area contributed by atoms with Crippen LogP contribution in [0.15, 0.2) is 53.2 Å². The van der Waals surface area contributed by atoms with Crippen molar-refractivity contribution < 1.29 is 18.8 Å². The molecule has 0 atom stereocenters. The number of aromatic nitrogens is 2. The van der Waals surface area contributed by atoms with Gasteiger partial charge in [0, 0.05) is 11.8 Å². The smallest absolute Gasteiger partial charge is 0.288 e. The number of rotatable bonds is 5. The van der Waals surface area contributed by atoms with Gasteiger partial charge in [0.2, 0.25) is 0 Å². The molecule has 8 nitrogen and oxygen atoms in total. The second-order valence-corrected chi connectivity index (χ2v) is 5.74. The van der Waals surface area contributed by atoms with Gasteiger partial charge >= 0.3 is 0 Å². The van der Waals surface area contributed by atoms with Crippen molar-refractivity contribution in [2.75, 3.05) is 0 Å². The lowest BCUT2D eigenvalue weighted by Crippen LogP contribution is -2.41. The number of ether oxygens (including phenoxy) is 1. The Morgan fingerprint density at radius 2 is 1.89 bits per heavy atom. The molecule has 2 aromatic heterocycles. The molecule has 0 aliphatic rings. The average Bonchev–Trinajstić information content (AvgIpc) is 3.02. The summed E-state index contributed by atoms with van der Waals surface area (Å²) >= 11 is 0. The number of hydrogen-bond donors (Lipinski definition) is 2. The summed E-state index contributed by atoms with van der Waals surface area (Å²) in [5.74, 6) is 0.231. The van der Waals surface area contributed by atoms with Crippen molar-refractivity contribution in [3.05, 3.63) is 76.9 Å². The summed E-state index contributed by atoms with van der Waals surface area (Å²) in [5, 5.41) is 3.88. The van der Waals surface area contributed by atoms with E-state index in [0.29, 0.717) is 17.1 Å². The molecule has 1 aromatic carbocycles. The van der Waals surface area contributed by atoms with Crippen LogP contribution in [0.5, 0.6) is 5.75 Å². The summed E-state index contributed by atoms with van der Waals surface area (Å²) < 4.78 is 10.8. The Labute approximate surface area is 155 Å². The molecule has 8 heteroatoms. The average molecular weight is 366 g/mol. The summed E-state index contributed by atoms with van der Waals surface area (Å²) in [6.07, 6.45) is 1.50. The molecule has 0 unspecified atom stereocenters. The quantitative estimate of drug-likeness (QED) is 0.671. The third-order valence-corrected chi connectivity index (χ3v) is 3.85. The van der Waals surface area contributed by atoms with Crippen LogP contribution in [0.3, 0.4) is 0 Å². The van der Waals surface area contributed by atoms with Gasteiger partial charge < -0.3 is 9.26 Å². The predicted molar refractivity (Wildman–Crippen MR) is 95.9 cm³/mol. The molecule has 0 aliphatic carbocycles. The van der Waals surface area contributed by atoms with E-state index in [2.05, 4.69) is 21.0 Å². The number of carbonyl (C=O) groups excluding carboxylic acids is 2. The van der Waals surface area contributed by atoms with Crippen molar-refractivity contribution in [2.24, 2.45) is 0 Å². The van der Waals surface area contributed by atoms with Gasteiger partial charge in [0.25, 0.3) is 11.8 Å². The Hall–Kier alpha value is -3.68. The van der Waals surface area contributed by atoms with Crippen LogP contribution in [0.25, 0.3) is 0 Å².